The molecule has 4 heteroatoms. The molecule has 0 bridgehead atoms. The average Bonchev–Trinajstić information content (AvgIpc) is 2.06. The first-order valence-electron chi connectivity index (χ1n) is 4.59. The van der Waals surface area contributed by atoms with E-state index in [0.717, 1.165) is 23.7 Å². The number of hydrogen-bond acceptors (Lipinski definition) is 3. The Hall–Kier alpha value is -0.900. The normalized spacial score (nSPS) is 16.1. The van der Waals surface area contributed by atoms with Gasteiger partial charge >= 0.3 is 5.97 Å². The third-order valence-corrected chi connectivity index (χ3v) is 2.81. The van der Waals surface area contributed by atoms with Crippen LogP contribution in [-0.4, -0.2) is 11.0 Å². The number of esters is 1. The second kappa shape index (κ2) is 4.09. The largest absolute Gasteiger partial charge is 0.407 e. The van der Waals surface area contributed by atoms with Gasteiger partial charge in [-0.25, -0.2) is 4.98 Å². The van der Waals surface area contributed by atoms with E-state index < -0.39 is 0 Å². The second-order valence-electron chi connectivity index (χ2n) is 3.36. The molecule has 0 spiro atoms. The molecule has 74 valence electrons. The molecule has 1 aliphatic carbocycles. The molecule has 1 saturated carbocycles. The summed E-state index contributed by atoms with van der Waals surface area (Å²) in [7, 11) is 0. The Labute approximate surface area is 90.6 Å². The first-order valence-corrected chi connectivity index (χ1v) is 5.38. The van der Waals surface area contributed by atoms with Crippen LogP contribution in [0.25, 0.3) is 0 Å². The topological polar surface area (TPSA) is 39.2 Å². The lowest BCUT2D eigenvalue weighted by Crippen LogP contribution is -2.26. The van der Waals surface area contributed by atoms with Crippen molar-refractivity contribution in [2.24, 2.45) is 5.92 Å². The van der Waals surface area contributed by atoms with Crippen molar-refractivity contribution < 1.29 is 9.53 Å². The molecular formula is C10H10BrNO2. The van der Waals surface area contributed by atoms with Gasteiger partial charge < -0.3 is 4.74 Å². The Bertz CT molecular complexity index is 332. The van der Waals surface area contributed by atoms with E-state index in [4.69, 9.17) is 4.74 Å². The molecule has 0 aromatic carbocycles. The maximum absolute atomic E-state index is 11.4. The minimum atomic E-state index is -0.147. The van der Waals surface area contributed by atoms with Crippen molar-refractivity contribution in [3.05, 3.63) is 22.8 Å². The van der Waals surface area contributed by atoms with Gasteiger partial charge in [-0.3, -0.25) is 4.79 Å². The zero-order valence-electron chi connectivity index (χ0n) is 7.57. The number of nitrogens with zero attached hydrogens (tertiary/aromatic N) is 1. The summed E-state index contributed by atoms with van der Waals surface area (Å²) < 4.78 is 5.98. The predicted octanol–water partition coefficient (Wildman–Crippen LogP) is 2.55. The number of rotatable bonds is 2. The molecule has 1 aliphatic rings. The minimum absolute atomic E-state index is 0.0976. The van der Waals surface area contributed by atoms with Crippen LogP contribution in [0.4, 0.5) is 0 Å². The lowest BCUT2D eigenvalue weighted by Gasteiger charge is -2.22. The molecule has 1 fully saturated rings. The number of pyridine rings is 1. The monoisotopic (exact) mass is 255 g/mol. The molecule has 1 heterocycles. The van der Waals surface area contributed by atoms with Crippen LogP contribution in [0.5, 0.6) is 5.88 Å². The highest BCUT2D eigenvalue weighted by Crippen LogP contribution is 2.27. The Kier molecular flexibility index (Phi) is 2.82. The quantitative estimate of drug-likeness (QED) is 0.763. The van der Waals surface area contributed by atoms with Gasteiger partial charge in [0.1, 0.15) is 0 Å². The standard InChI is InChI=1S/C10H10BrNO2/c11-8-4-5-9(12-6-8)14-10(13)7-2-1-3-7/h4-7H,1-3H2. The van der Waals surface area contributed by atoms with E-state index in [1.54, 1.807) is 18.3 Å². The Morgan fingerprint density at radius 1 is 1.50 bits per heavy atom. The SMILES string of the molecule is O=C(Oc1ccc(Br)cn1)C1CCC1. The lowest BCUT2D eigenvalue weighted by molar-refractivity contribution is -0.141. The molecule has 2 rings (SSSR count). The summed E-state index contributed by atoms with van der Waals surface area (Å²) in [4.78, 5) is 15.4. The summed E-state index contributed by atoms with van der Waals surface area (Å²) in [6, 6.07) is 3.48. The molecule has 0 N–H and O–H groups in total. The first-order chi connectivity index (χ1) is 6.75. The smallest absolute Gasteiger partial charge is 0.315 e. The molecule has 1 aromatic rings. The van der Waals surface area contributed by atoms with Gasteiger partial charge in [-0.2, -0.15) is 0 Å². The summed E-state index contributed by atoms with van der Waals surface area (Å²) >= 11 is 3.26. The third-order valence-electron chi connectivity index (χ3n) is 2.34. The maximum Gasteiger partial charge on any atom is 0.315 e. The van der Waals surface area contributed by atoms with E-state index in [1.165, 1.54) is 0 Å². The van der Waals surface area contributed by atoms with Crippen molar-refractivity contribution in [1.29, 1.82) is 0 Å². The fourth-order valence-corrected chi connectivity index (χ4v) is 1.49. The number of hydrogen-bond donors (Lipinski definition) is 0. The van der Waals surface area contributed by atoms with Gasteiger partial charge in [0.15, 0.2) is 0 Å². The van der Waals surface area contributed by atoms with Gasteiger partial charge in [0.05, 0.1) is 5.92 Å². The Balaban J connectivity index is 1.96. The zero-order valence-corrected chi connectivity index (χ0v) is 9.16. The summed E-state index contributed by atoms with van der Waals surface area (Å²) in [6.45, 7) is 0. The van der Waals surface area contributed by atoms with Crippen LogP contribution >= 0.6 is 15.9 Å². The summed E-state index contributed by atoms with van der Waals surface area (Å²) in [5.74, 6) is 0.330. The average molecular weight is 256 g/mol. The van der Waals surface area contributed by atoms with Crippen molar-refractivity contribution in [2.75, 3.05) is 0 Å². The van der Waals surface area contributed by atoms with Crippen molar-refractivity contribution in [1.82, 2.24) is 4.98 Å². The third kappa shape index (κ3) is 2.12. The van der Waals surface area contributed by atoms with Gasteiger partial charge in [0, 0.05) is 16.7 Å². The van der Waals surface area contributed by atoms with Gasteiger partial charge in [0.25, 0.3) is 0 Å². The van der Waals surface area contributed by atoms with Crippen molar-refractivity contribution in [2.45, 2.75) is 19.3 Å². The molecule has 3 nitrogen and oxygen atoms in total. The number of halogens is 1. The van der Waals surface area contributed by atoms with Crippen molar-refractivity contribution >= 4 is 21.9 Å². The van der Waals surface area contributed by atoms with E-state index in [9.17, 15) is 4.79 Å². The fourth-order valence-electron chi connectivity index (χ4n) is 1.25. The second-order valence-corrected chi connectivity index (χ2v) is 4.28. The molecule has 0 atom stereocenters. The summed E-state index contributed by atoms with van der Waals surface area (Å²) in [5.41, 5.74) is 0. The number of carbonyl (C=O) groups excluding carboxylic acids is 1. The first kappa shape index (κ1) is 9.65. The highest BCUT2D eigenvalue weighted by atomic mass is 79.9. The van der Waals surface area contributed by atoms with E-state index >= 15 is 0 Å². The van der Waals surface area contributed by atoms with Crippen LogP contribution in [-0.2, 0) is 4.79 Å². The van der Waals surface area contributed by atoms with E-state index in [0.29, 0.717) is 5.88 Å². The highest BCUT2D eigenvalue weighted by molar-refractivity contribution is 9.10. The van der Waals surface area contributed by atoms with Gasteiger partial charge in [-0.1, -0.05) is 6.42 Å². The van der Waals surface area contributed by atoms with Gasteiger partial charge in [-0.15, -0.1) is 0 Å². The summed E-state index contributed by atoms with van der Waals surface area (Å²) in [5, 5.41) is 0. The molecule has 14 heavy (non-hydrogen) atoms. The van der Waals surface area contributed by atoms with Crippen LogP contribution < -0.4 is 4.74 Å². The predicted molar refractivity (Wildman–Crippen MR) is 54.9 cm³/mol. The van der Waals surface area contributed by atoms with Gasteiger partial charge in [-0.05, 0) is 34.8 Å². The van der Waals surface area contributed by atoms with Crippen LogP contribution in [0.15, 0.2) is 22.8 Å². The lowest BCUT2D eigenvalue weighted by atomic mass is 9.86. The van der Waals surface area contributed by atoms with Crippen LogP contribution in [0.2, 0.25) is 0 Å². The number of ether oxygens (including phenoxy) is 1. The molecule has 0 amide bonds. The number of aromatic nitrogens is 1. The van der Waals surface area contributed by atoms with E-state index in [1.807, 2.05) is 0 Å². The molecule has 0 saturated heterocycles. The summed E-state index contributed by atoms with van der Waals surface area (Å²) in [6.07, 6.45) is 4.65. The zero-order chi connectivity index (χ0) is 9.97. The van der Waals surface area contributed by atoms with Crippen LogP contribution in [0.3, 0.4) is 0 Å². The van der Waals surface area contributed by atoms with Crippen LogP contribution in [0.1, 0.15) is 19.3 Å². The molecule has 0 aliphatic heterocycles. The van der Waals surface area contributed by atoms with E-state index in [2.05, 4.69) is 20.9 Å². The molecule has 0 unspecified atom stereocenters. The number of carbonyl (C=O) groups is 1. The highest BCUT2D eigenvalue weighted by Gasteiger charge is 2.27. The maximum atomic E-state index is 11.4. The Morgan fingerprint density at radius 3 is 2.79 bits per heavy atom. The minimum Gasteiger partial charge on any atom is -0.407 e. The molecular weight excluding hydrogens is 246 g/mol. The van der Waals surface area contributed by atoms with Crippen molar-refractivity contribution in [3.63, 3.8) is 0 Å². The van der Waals surface area contributed by atoms with Crippen molar-refractivity contribution in [3.8, 4) is 5.88 Å². The van der Waals surface area contributed by atoms with E-state index in [-0.39, 0.29) is 11.9 Å². The fraction of sp³-hybridized carbons (Fsp3) is 0.400. The molecule has 0 radical (unpaired) electrons. The van der Waals surface area contributed by atoms with Crippen LogP contribution in [0, 0.1) is 5.92 Å². The Morgan fingerprint density at radius 2 is 2.29 bits per heavy atom. The molecule has 1 aromatic heterocycles. The van der Waals surface area contributed by atoms with Gasteiger partial charge in [0.2, 0.25) is 5.88 Å².